The van der Waals surface area contributed by atoms with Crippen LogP contribution in [0.3, 0.4) is 0 Å². The van der Waals surface area contributed by atoms with Gasteiger partial charge in [-0.15, -0.1) is 0 Å². The molecular weight excluding hydrogens is 251 g/mol. The maximum absolute atomic E-state index is 12.9. The van der Waals surface area contributed by atoms with Crippen molar-refractivity contribution in [3.8, 4) is 11.1 Å². The lowest BCUT2D eigenvalue weighted by Gasteiger charge is -2.04. The minimum Gasteiger partial charge on any atom is -0.349 e. The van der Waals surface area contributed by atoms with Crippen molar-refractivity contribution in [1.82, 2.24) is 9.55 Å². The van der Waals surface area contributed by atoms with E-state index in [4.69, 9.17) is 0 Å². The molecular formula is C17H15FN2. The molecule has 0 aliphatic rings. The Bertz CT molecular complexity index is 714. The average molecular weight is 266 g/mol. The van der Waals surface area contributed by atoms with Crippen molar-refractivity contribution in [1.29, 1.82) is 0 Å². The van der Waals surface area contributed by atoms with Gasteiger partial charge in [0.25, 0.3) is 0 Å². The van der Waals surface area contributed by atoms with Crippen molar-refractivity contribution < 1.29 is 4.39 Å². The van der Waals surface area contributed by atoms with Crippen LogP contribution in [0, 0.1) is 12.7 Å². The van der Waals surface area contributed by atoms with Crippen molar-refractivity contribution in [2.45, 2.75) is 13.5 Å². The fraction of sp³-hybridized carbons (Fsp3) is 0.118. The third kappa shape index (κ3) is 2.62. The van der Waals surface area contributed by atoms with Crippen LogP contribution in [0.25, 0.3) is 11.1 Å². The van der Waals surface area contributed by atoms with Gasteiger partial charge < -0.3 is 4.57 Å². The Morgan fingerprint density at radius 3 is 2.65 bits per heavy atom. The highest BCUT2D eigenvalue weighted by atomic mass is 19.1. The SMILES string of the molecule is Cc1ccncc1-c1ccn(Cc2ccc(F)cc2)c1. The molecule has 100 valence electrons. The molecule has 0 radical (unpaired) electrons. The van der Waals surface area contributed by atoms with Crippen molar-refractivity contribution in [3.63, 3.8) is 0 Å². The summed E-state index contributed by atoms with van der Waals surface area (Å²) in [4.78, 5) is 4.17. The number of rotatable bonds is 3. The molecule has 0 unspecified atom stereocenters. The van der Waals surface area contributed by atoms with Gasteiger partial charge in [-0.1, -0.05) is 12.1 Å². The zero-order valence-corrected chi connectivity index (χ0v) is 11.3. The van der Waals surface area contributed by atoms with Crippen LogP contribution in [-0.4, -0.2) is 9.55 Å². The zero-order chi connectivity index (χ0) is 13.9. The van der Waals surface area contributed by atoms with Crippen LogP contribution >= 0.6 is 0 Å². The number of nitrogens with zero attached hydrogens (tertiary/aromatic N) is 2. The molecule has 0 saturated carbocycles. The number of halogens is 1. The van der Waals surface area contributed by atoms with Gasteiger partial charge in [0.05, 0.1) is 0 Å². The summed E-state index contributed by atoms with van der Waals surface area (Å²) < 4.78 is 15.0. The quantitative estimate of drug-likeness (QED) is 0.699. The van der Waals surface area contributed by atoms with Gasteiger partial charge in [0, 0.05) is 42.5 Å². The average Bonchev–Trinajstić information content (AvgIpc) is 2.90. The van der Waals surface area contributed by atoms with E-state index in [-0.39, 0.29) is 5.82 Å². The Hall–Kier alpha value is -2.42. The number of aromatic nitrogens is 2. The van der Waals surface area contributed by atoms with Gasteiger partial charge in [0.2, 0.25) is 0 Å². The first-order chi connectivity index (χ1) is 9.72. The standard InChI is InChI=1S/C17H15FN2/c1-13-6-8-19-10-17(13)15-7-9-20(12-15)11-14-2-4-16(18)5-3-14/h2-10,12H,11H2,1H3. The van der Waals surface area contributed by atoms with E-state index in [0.717, 1.165) is 23.2 Å². The molecule has 3 heteroatoms. The van der Waals surface area contributed by atoms with Crippen LogP contribution in [-0.2, 0) is 6.54 Å². The van der Waals surface area contributed by atoms with E-state index in [1.54, 1.807) is 6.20 Å². The Morgan fingerprint density at radius 1 is 1.10 bits per heavy atom. The molecule has 20 heavy (non-hydrogen) atoms. The number of pyridine rings is 1. The third-order valence-electron chi connectivity index (χ3n) is 3.38. The summed E-state index contributed by atoms with van der Waals surface area (Å²) in [5, 5.41) is 0. The highest BCUT2D eigenvalue weighted by molar-refractivity contribution is 5.65. The van der Waals surface area contributed by atoms with E-state index in [2.05, 4.69) is 28.7 Å². The lowest BCUT2D eigenvalue weighted by molar-refractivity contribution is 0.626. The highest BCUT2D eigenvalue weighted by Crippen LogP contribution is 2.22. The van der Waals surface area contributed by atoms with E-state index in [1.807, 2.05) is 30.6 Å². The molecule has 0 spiro atoms. The molecule has 0 saturated heterocycles. The number of hydrogen-bond donors (Lipinski definition) is 0. The molecule has 0 fully saturated rings. The maximum atomic E-state index is 12.9. The summed E-state index contributed by atoms with van der Waals surface area (Å²) in [7, 11) is 0. The van der Waals surface area contributed by atoms with Crippen LogP contribution in [0.4, 0.5) is 4.39 Å². The smallest absolute Gasteiger partial charge is 0.123 e. The highest BCUT2D eigenvalue weighted by Gasteiger charge is 2.04. The Labute approximate surface area is 117 Å². The normalized spacial score (nSPS) is 10.7. The van der Waals surface area contributed by atoms with Crippen molar-refractivity contribution in [2.75, 3.05) is 0 Å². The van der Waals surface area contributed by atoms with E-state index < -0.39 is 0 Å². The fourth-order valence-corrected chi connectivity index (χ4v) is 2.27. The maximum Gasteiger partial charge on any atom is 0.123 e. The minimum atomic E-state index is -0.201. The zero-order valence-electron chi connectivity index (χ0n) is 11.3. The van der Waals surface area contributed by atoms with Crippen LogP contribution in [0.15, 0.2) is 61.2 Å². The first-order valence-corrected chi connectivity index (χ1v) is 6.53. The largest absolute Gasteiger partial charge is 0.349 e. The van der Waals surface area contributed by atoms with Gasteiger partial charge in [0.1, 0.15) is 5.82 Å². The van der Waals surface area contributed by atoms with Crippen LogP contribution in [0.2, 0.25) is 0 Å². The third-order valence-corrected chi connectivity index (χ3v) is 3.38. The molecule has 2 aromatic heterocycles. The first kappa shape index (κ1) is 12.6. The summed E-state index contributed by atoms with van der Waals surface area (Å²) in [6.45, 7) is 2.81. The van der Waals surface area contributed by atoms with Crippen molar-refractivity contribution in [2.24, 2.45) is 0 Å². The van der Waals surface area contributed by atoms with Crippen molar-refractivity contribution >= 4 is 0 Å². The first-order valence-electron chi connectivity index (χ1n) is 6.53. The molecule has 0 atom stereocenters. The molecule has 0 bridgehead atoms. The van der Waals surface area contributed by atoms with Gasteiger partial charge in [-0.25, -0.2) is 4.39 Å². The van der Waals surface area contributed by atoms with Gasteiger partial charge in [-0.2, -0.15) is 0 Å². The number of benzene rings is 1. The second kappa shape index (κ2) is 5.29. The van der Waals surface area contributed by atoms with Gasteiger partial charge >= 0.3 is 0 Å². The Balaban J connectivity index is 1.84. The molecule has 3 aromatic rings. The predicted octanol–water partition coefficient (Wildman–Crippen LogP) is 4.05. The summed E-state index contributed by atoms with van der Waals surface area (Å²) in [6, 6.07) is 10.7. The van der Waals surface area contributed by atoms with E-state index in [9.17, 15) is 4.39 Å². The van der Waals surface area contributed by atoms with E-state index in [1.165, 1.54) is 17.7 Å². The molecule has 0 aliphatic heterocycles. The molecule has 2 heterocycles. The number of hydrogen-bond acceptors (Lipinski definition) is 1. The van der Waals surface area contributed by atoms with Gasteiger partial charge in [-0.3, -0.25) is 4.98 Å². The second-order valence-electron chi connectivity index (χ2n) is 4.89. The molecule has 3 rings (SSSR count). The molecule has 1 aromatic carbocycles. The topological polar surface area (TPSA) is 17.8 Å². The summed E-state index contributed by atoms with van der Waals surface area (Å²) in [5.74, 6) is -0.201. The Kier molecular flexibility index (Phi) is 3.33. The van der Waals surface area contributed by atoms with Crippen LogP contribution in [0.5, 0.6) is 0 Å². The summed E-state index contributed by atoms with van der Waals surface area (Å²) in [5.41, 5.74) is 4.58. The fourth-order valence-electron chi connectivity index (χ4n) is 2.27. The summed E-state index contributed by atoms with van der Waals surface area (Å²) in [6.07, 6.45) is 7.81. The molecule has 0 N–H and O–H groups in total. The molecule has 0 amide bonds. The number of aryl methyl sites for hydroxylation is 1. The Morgan fingerprint density at radius 2 is 1.90 bits per heavy atom. The van der Waals surface area contributed by atoms with E-state index in [0.29, 0.717) is 0 Å². The van der Waals surface area contributed by atoms with Gasteiger partial charge in [-0.05, 0) is 42.3 Å². The van der Waals surface area contributed by atoms with Crippen LogP contribution < -0.4 is 0 Å². The molecule has 0 aliphatic carbocycles. The molecule has 2 nitrogen and oxygen atoms in total. The van der Waals surface area contributed by atoms with Gasteiger partial charge in [0.15, 0.2) is 0 Å². The van der Waals surface area contributed by atoms with Crippen LogP contribution in [0.1, 0.15) is 11.1 Å². The monoisotopic (exact) mass is 266 g/mol. The predicted molar refractivity (Wildman–Crippen MR) is 77.9 cm³/mol. The second-order valence-corrected chi connectivity index (χ2v) is 4.89. The lowest BCUT2D eigenvalue weighted by Crippen LogP contribution is -1.96. The lowest BCUT2D eigenvalue weighted by atomic mass is 10.1. The van der Waals surface area contributed by atoms with Crippen molar-refractivity contribution in [3.05, 3.63) is 78.1 Å². The van der Waals surface area contributed by atoms with E-state index >= 15 is 0 Å². The summed E-state index contributed by atoms with van der Waals surface area (Å²) >= 11 is 0. The minimum absolute atomic E-state index is 0.201.